The molecular weight excluding hydrogens is 439 g/mol. The maximum atomic E-state index is 13.0. The summed E-state index contributed by atoms with van der Waals surface area (Å²) in [5.41, 5.74) is 1.34. The number of aromatic hydroxyl groups is 1. The number of aromatic nitrogens is 1. The number of amides is 1. The van der Waals surface area contributed by atoms with Crippen LogP contribution < -0.4 is 0 Å². The molecule has 31 heavy (non-hydrogen) atoms. The van der Waals surface area contributed by atoms with E-state index in [0.717, 1.165) is 0 Å². The van der Waals surface area contributed by atoms with Crippen LogP contribution in [0.25, 0.3) is 5.76 Å². The Labute approximate surface area is 188 Å². The van der Waals surface area contributed by atoms with Gasteiger partial charge >= 0.3 is 0 Å². The first-order valence-corrected chi connectivity index (χ1v) is 10.0. The van der Waals surface area contributed by atoms with Crippen molar-refractivity contribution in [3.63, 3.8) is 0 Å². The van der Waals surface area contributed by atoms with E-state index in [1.54, 1.807) is 36.7 Å². The minimum atomic E-state index is -0.915. The van der Waals surface area contributed by atoms with Crippen molar-refractivity contribution in [3.8, 4) is 5.75 Å². The molecule has 1 amide bonds. The summed E-state index contributed by atoms with van der Waals surface area (Å²) < 4.78 is 0. The Hall–Kier alpha value is -3.35. The Balaban J connectivity index is 1.88. The number of ketones is 1. The molecule has 1 aromatic heterocycles. The number of phenolic OH excluding ortho intramolecular Hbond substituents is 1. The van der Waals surface area contributed by atoms with Crippen LogP contribution in [0.1, 0.15) is 22.7 Å². The third-order valence-corrected chi connectivity index (χ3v) is 5.73. The van der Waals surface area contributed by atoms with Gasteiger partial charge in [-0.15, -0.1) is 0 Å². The number of benzene rings is 2. The van der Waals surface area contributed by atoms with E-state index in [9.17, 15) is 19.8 Å². The highest BCUT2D eigenvalue weighted by atomic mass is 35.5. The zero-order valence-corrected chi connectivity index (χ0v) is 17.5. The molecular formula is C23H16Cl2N2O4. The maximum Gasteiger partial charge on any atom is 0.295 e. The van der Waals surface area contributed by atoms with E-state index in [1.165, 1.54) is 35.2 Å². The highest BCUT2D eigenvalue weighted by molar-refractivity contribution is 6.46. The number of pyridine rings is 1. The van der Waals surface area contributed by atoms with Gasteiger partial charge in [-0.2, -0.15) is 0 Å². The fraction of sp³-hybridized carbons (Fsp3) is 0.0870. The van der Waals surface area contributed by atoms with E-state index in [1.807, 2.05) is 0 Å². The number of carbonyl (C=O) groups excluding carboxylic acids is 2. The summed E-state index contributed by atoms with van der Waals surface area (Å²) in [6.45, 7) is 0.0941. The molecule has 1 aliphatic rings. The van der Waals surface area contributed by atoms with Crippen LogP contribution in [-0.4, -0.2) is 31.8 Å². The van der Waals surface area contributed by atoms with E-state index in [0.29, 0.717) is 16.1 Å². The lowest BCUT2D eigenvalue weighted by molar-refractivity contribution is -0.140. The molecule has 6 nitrogen and oxygen atoms in total. The average Bonchev–Trinajstić information content (AvgIpc) is 3.01. The van der Waals surface area contributed by atoms with Crippen molar-refractivity contribution in [1.29, 1.82) is 0 Å². The second-order valence-electron chi connectivity index (χ2n) is 7.01. The lowest BCUT2D eigenvalue weighted by atomic mass is 9.95. The number of halogens is 2. The quantitative estimate of drug-likeness (QED) is 0.338. The Kier molecular flexibility index (Phi) is 5.67. The van der Waals surface area contributed by atoms with Gasteiger partial charge in [-0.25, -0.2) is 0 Å². The van der Waals surface area contributed by atoms with Crippen LogP contribution in [0.3, 0.4) is 0 Å². The first-order valence-electron chi connectivity index (χ1n) is 9.28. The molecule has 0 bridgehead atoms. The van der Waals surface area contributed by atoms with Crippen LogP contribution >= 0.6 is 23.2 Å². The van der Waals surface area contributed by atoms with Crippen molar-refractivity contribution in [2.24, 2.45) is 0 Å². The van der Waals surface area contributed by atoms with Crippen molar-refractivity contribution < 1.29 is 19.8 Å². The molecule has 1 fully saturated rings. The van der Waals surface area contributed by atoms with Gasteiger partial charge < -0.3 is 15.1 Å². The highest BCUT2D eigenvalue weighted by Crippen LogP contribution is 2.41. The summed E-state index contributed by atoms with van der Waals surface area (Å²) >= 11 is 12.0. The summed E-state index contributed by atoms with van der Waals surface area (Å²) in [5.74, 6) is -2.00. The number of phenols is 1. The number of aliphatic hydroxyl groups is 1. The van der Waals surface area contributed by atoms with Crippen LogP contribution in [0, 0.1) is 0 Å². The minimum Gasteiger partial charge on any atom is -0.508 e. The number of rotatable bonds is 4. The topological polar surface area (TPSA) is 90.7 Å². The SMILES string of the molecule is O=C1C(=O)N(Cc2cccnc2)C(c2cccc(O)c2)/C1=C(/O)c1ccc(Cl)c(Cl)c1. The fourth-order valence-corrected chi connectivity index (χ4v) is 3.87. The van der Waals surface area contributed by atoms with Gasteiger partial charge in [0.15, 0.2) is 0 Å². The maximum absolute atomic E-state index is 13.0. The van der Waals surface area contributed by atoms with E-state index < -0.39 is 17.7 Å². The lowest BCUT2D eigenvalue weighted by Gasteiger charge is -2.25. The van der Waals surface area contributed by atoms with Crippen LogP contribution in [0.2, 0.25) is 10.0 Å². The molecule has 1 aliphatic heterocycles. The molecule has 1 saturated heterocycles. The molecule has 2 heterocycles. The summed E-state index contributed by atoms with van der Waals surface area (Å²) in [7, 11) is 0. The van der Waals surface area contributed by atoms with Gasteiger partial charge in [0.25, 0.3) is 11.7 Å². The molecule has 3 aromatic rings. The van der Waals surface area contributed by atoms with Gasteiger partial charge in [-0.1, -0.05) is 41.4 Å². The molecule has 0 spiro atoms. The Bertz CT molecular complexity index is 1210. The summed E-state index contributed by atoms with van der Waals surface area (Å²) in [4.78, 5) is 31.3. The van der Waals surface area contributed by atoms with E-state index in [2.05, 4.69) is 4.98 Å². The predicted octanol–water partition coefficient (Wildman–Crippen LogP) is 4.72. The van der Waals surface area contributed by atoms with Crippen molar-refractivity contribution >= 4 is 40.7 Å². The summed E-state index contributed by atoms with van der Waals surface area (Å²) in [5, 5.41) is 21.5. The smallest absolute Gasteiger partial charge is 0.295 e. The first kappa shape index (κ1) is 20.9. The van der Waals surface area contributed by atoms with Gasteiger partial charge in [0, 0.05) is 24.5 Å². The van der Waals surface area contributed by atoms with Gasteiger partial charge in [-0.3, -0.25) is 14.6 Å². The fourth-order valence-electron chi connectivity index (χ4n) is 3.57. The van der Waals surface area contributed by atoms with Crippen LogP contribution in [-0.2, 0) is 16.1 Å². The number of carbonyl (C=O) groups is 2. The van der Waals surface area contributed by atoms with E-state index in [4.69, 9.17) is 23.2 Å². The normalized spacial score (nSPS) is 17.9. The lowest BCUT2D eigenvalue weighted by Crippen LogP contribution is -2.29. The van der Waals surface area contributed by atoms with Gasteiger partial charge in [0.2, 0.25) is 0 Å². The molecule has 2 N–H and O–H groups in total. The summed E-state index contributed by atoms with van der Waals surface area (Å²) in [6, 6.07) is 13.2. The van der Waals surface area contributed by atoms with Crippen LogP contribution in [0.4, 0.5) is 0 Å². The summed E-state index contributed by atoms with van der Waals surface area (Å²) in [6.07, 6.45) is 3.20. The second kappa shape index (κ2) is 8.41. The van der Waals surface area contributed by atoms with Crippen molar-refractivity contribution in [3.05, 3.63) is 99.3 Å². The molecule has 0 aliphatic carbocycles. The van der Waals surface area contributed by atoms with Gasteiger partial charge in [0.1, 0.15) is 11.5 Å². The van der Waals surface area contributed by atoms with E-state index >= 15 is 0 Å². The zero-order chi connectivity index (χ0) is 22.1. The van der Waals surface area contributed by atoms with Gasteiger partial charge in [-0.05, 0) is 47.5 Å². The minimum absolute atomic E-state index is 0.0287. The number of hydrogen-bond donors (Lipinski definition) is 2. The molecule has 1 unspecified atom stereocenters. The molecule has 0 radical (unpaired) electrons. The molecule has 4 rings (SSSR count). The zero-order valence-electron chi connectivity index (χ0n) is 16.0. The molecule has 156 valence electrons. The number of nitrogens with zero attached hydrogens (tertiary/aromatic N) is 2. The molecule has 8 heteroatoms. The largest absolute Gasteiger partial charge is 0.508 e. The standard InChI is InChI=1S/C23H16Cl2N2O4/c24-17-7-6-15(10-18(17)25)21(29)19-20(14-4-1-5-16(28)9-14)27(23(31)22(19)30)12-13-3-2-8-26-11-13/h1-11,20,28-29H,12H2/b21-19-. The highest BCUT2D eigenvalue weighted by Gasteiger charge is 2.46. The number of Topliss-reactive ketones (excluding diaryl/α,β-unsaturated/α-hetero) is 1. The number of likely N-dealkylation sites (tertiary alicyclic amines) is 1. The van der Waals surface area contributed by atoms with Crippen LogP contribution in [0.5, 0.6) is 5.75 Å². The van der Waals surface area contributed by atoms with Crippen molar-refractivity contribution in [2.45, 2.75) is 12.6 Å². The van der Waals surface area contributed by atoms with Crippen molar-refractivity contribution in [1.82, 2.24) is 9.88 Å². The first-order chi connectivity index (χ1) is 14.9. The Morgan fingerprint density at radius 3 is 2.52 bits per heavy atom. The Morgan fingerprint density at radius 2 is 1.84 bits per heavy atom. The van der Waals surface area contributed by atoms with Crippen molar-refractivity contribution in [2.75, 3.05) is 0 Å². The van der Waals surface area contributed by atoms with Crippen LogP contribution in [0.15, 0.2) is 72.6 Å². The predicted molar refractivity (Wildman–Crippen MR) is 117 cm³/mol. The third-order valence-electron chi connectivity index (χ3n) is 4.99. The molecule has 0 saturated carbocycles. The monoisotopic (exact) mass is 454 g/mol. The third kappa shape index (κ3) is 4.00. The second-order valence-corrected chi connectivity index (χ2v) is 7.83. The van der Waals surface area contributed by atoms with E-state index in [-0.39, 0.29) is 34.2 Å². The molecule has 2 aromatic carbocycles. The average molecular weight is 455 g/mol. The number of hydrogen-bond acceptors (Lipinski definition) is 5. The Morgan fingerprint density at radius 1 is 1.03 bits per heavy atom. The van der Waals surface area contributed by atoms with Gasteiger partial charge in [0.05, 0.1) is 21.7 Å². The number of aliphatic hydroxyl groups excluding tert-OH is 1. The molecule has 1 atom stereocenters.